The first kappa shape index (κ1) is 16.5. The van der Waals surface area contributed by atoms with Gasteiger partial charge in [0.1, 0.15) is 21.2 Å². The molecule has 8 nitrogen and oxygen atoms in total. The molecule has 1 aromatic carbocycles. The molecule has 0 aliphatic rings. The highest BCUT2D eigenvalue weighted by Crippen LogP contribution is 2.28. The molecule has 0 aliphatic heterocycles. The zero-order valence-electron chi connectivity index (χ0n) is 14.2. The van der Waals surface area contributed by atoms with Gasteiger partial charge in [0.05, 0.1) is 22.3 Å². The van der Waals surface area contributed by atoms with Crippen LogP contribution >= 0.6 is 0 Å². The van der Waals surface area contributed by atoms with E-state index in [1.807, 2.05) is 36.7 Å². The third-order valence-corrected chi connectivity index (χ3v) is 5.22. The van der Waals surface area contributed by atoms with Crippen LogP contribution in [0.4, 0.5) is 5.82 Å². The second-order valence-corrected chi connectivity index (χ2v) is 8.55. The van der Waals surface area contributed by atoms with Crippen molar-refractivity contribution in [3.8, 4) is 5.69 Å². The Morgan fingerprint density at radius 2 is 2.08 bits per heavy atom. The van der Waals surface area contributed by atoms with Gasteiger partial charge in [0.15, 0.2) is 0 Å². The number of aromatic nitrogens is 5. The molecule has 0 amide bonds. The van der Waals surface area contributed by atoms with E-state index in [0.717, 1.165) is 27.5 Å². The fourth-order valence-electron chi connectivity index (χ4n) is 2.98. The minimum absolute atomic E-state index is 0.130. The van der Waals surface area contributed by atoms with Gasteiger partial charge in [0, 0.05) is 36.8 Å². The summed E-state index contributed by atoms with van der Waals surface area (Å²) in [6, 6.07) is 7.68. The van der Waals surface area contributed by atoms with Crippen LogP contribution in [0.25, 0.3) is 27.5 Å². The summed E-state index contributed by atoms with van der Waals surface area (Å²) in [5.41, 5.74) is 8.51. The summed E-state index contributed by atoms with van der Waals surface area (Å²) in [5.74, 6) is 0.532. The Hall–Kier alpha value is -2.94. The molecule has 4 rings (SSSR count). The van der Waals surface area contributed by atoms with Crippen molar-refractivity contribution in [3.63, 3.8) is 0 Å². The van der Waals surface area contributed by atoms with Crippen LogP contribution in [0.2, 0.25) is 0 Å². The molecule has 0 unspecified atom stereocenters. The van der Waals surface area contributed by atoms with E-state index >= 15 is 0 Å². The zero-order chi connectivity index (χ0) is 18.3. The molecule has 0 saturated heterocycles. The highest BCUT2D eigenvalue weighted by molar-refractivity contribution is 7.90. The van der Waals surface area contributed by atoms with Crippen molar-refractivity contribution in [2.45, 2.75) is 13.0 Å². The average molecular weight is 370 g/mol. The standard InChI is InChI=1S/C17H18N6O2S/c1-26(24,25)9-3-7-22-11-14-16(21-22)13-5-4-12(23-8-2-6-19-23)10-15(13)20-17(14)18/h2,4-6,8,10-11H,3,7,9H2,1H3,(H2,18,20). The molecule has 4 aromatic rings. The number of benzene rings is 1. The average Bonchev–Trinajstić information content (AvgIpc) is 3.23. The number of sulfone groups is 1. The van der Waals surface area contributed by atoms with Crippen molar-refractivity contribution in [3.05, 3.63) is 42.9 Å². The number of nitrogens with zero attached hydrogens (tertiary/aromatic N) is 5. The maximum Gasteiger partial charge on any atom is 0.147 e. The lowest BCUT2D eigenvalue weighted by Gasteiger charge is -2.05. The first-order valence-electron chi connectivity index (χ1n) is 8.15. The van der Waals surface area contributed by atoms with Gasteiger partial charge in [-0.2, -0.15) is 10.2 Å². The minimum atomic E-state index is -2.98. The van der Waals surface area contributed by atoms with Gasteiger partial charge in [-0.25, -0.2) is 18.1 Å². The number of nitrogen functional groups attached to an aromatic ring is 1. The molecule has 0 saturated carbocycles. The lowest BCUT2D eigenvalue weighted by molar-refractivity contribution is 0.579. The molecule has 0 aliphatic carbocycles. The number of pyridine rings is 1. The SMILES string of the molecule is CS(=O)(=O)CCCn1cc2c(N)nc3cc(-n4cccn4)ccc3c2n1. The van der Waals surface area contributed by atoms with Crippen molar-refractivity contribution in [1.82, 2.24) is 24.5 Å². The maximum absolute atomic E-state index is 11.3. The van der Waals surface area contributed by atoms with E-state index in [0.29, 0.717) is 18.8 Å². The largest absolute Gasteiger partial charge is 0.383 e. The van der Waals surface area contributed by atoms with Crippen molar-refractivity contribution in [2.75, 3.05) is 17.7 Å². The fourth-order valence-corrected chi connectivity index (χ4v) is 3.63. The van der Waals surface area contributed by atoms with Crippen LogP contribution in [-0.4, -0.2) is 45.0 Å². The molecule has 134 valence electrons. The number of anilines is 1. The maximum atomic E-state index is 11.3. The van der Waals surface area contributed by atoms with Crippen molar-refractivity contribution >= 4 is 37.5 Å². The van der Waals surface area contributed by atoms with E-state index in [1.165, 1.54) is 6.26 Å². The first-order chi connectivity index (χ1) is 12.4. The van der Waals surface area contributed by atoms with E-state index in [-0.39, 0.29) is 5.75 Å². The summed E-state index contributed by atoms with van der Waals surface area (Å²) in [6.45, 7) is 0.508. The molecular weight excluding hydrogens is 352 g/mol. The van der Waals surface area contributed by atoms with Gasteiger partial charge in [-0.05, 0) is 30.7 Å². The highest BCUT2D eigenvalue weighted by atomic mass is 32.2. The van der Waals surface area contributed by atoms with Crippen LogP contribution < -0.4 is 5.73 Å². The molecule has 0 fully saturated rings. The van der Waals surface area contributed by atoms with Crippen LogP contribution in [-0.2, 0) is 16.4 Å². The van der Waals surface area contributed by atoms with Gasteiger partial charge >= 0.3 is 0 Å². The van der Waals surface area contributed by atoms with Crippen molar-refractivity contribution < 1.29 is 8.42 Å². The monoisotopic (exact) mass is 370 g/mol. The minimum Gasteiger partial charge on any atom is -0.383 e. The molecular formula is C17H18N6O2S. The van der Waals surface area contributed by atoms with Gasteiger partial charge in [-0.15, -0.1) is 0 Å². The summed E-state index contributed by atoms with van der Waals surface area (Å²) in [5, 5.41) is 10.5. The van der Waals surface area contributed by atoms with Crippen LogP contribution in [0.3, 0.4) is 0 Å². The molecule has 0 spiro atoms. The Bertz CT molecular complexity index is 1200. The quantitative estimate of drug-likeness (QED) is 0.574. The molecule has 3 heterocycles. The van der Waals surface area contributed by atoms with Gasteiger partial charge in [0.25, 0.3) is 0 Å². The van der Waals surface area contributed by atoms with Crippen LogP contribution in [0.15, 0.2) is 42.9 Å². The lowest BCUT2D eigenvalue weighted by atomic mass is 10.1. The Labute approximate surface area is 150 Å². The second kappa shape index (κ2) is 6.10. The second-order valence-electron chi connectivity index (χ2n) is 6.29. The fraction of sp³-hybridized carbons (Fsp3) is 0.235. The summed E-state index contributed by atoms with van der Waals surface area (Å²) in [6.07, 6.45) is 7.13. The van der Waals surface area contributed by atoms with Gasteiger partial charge < -0.3 is 5.73 Å². The molecule has 0 atom stereocenters. The smallest absolute Gasteiger partial charge is 0.147 e. The number of hydrogen-bond acceptors (Lipinski definition) is 6. The third-order valence-electron chi connectivity index (χ3n) is 4.19. The van der Waals surface area contributed by atoms with E-state index in [9.17, 15) is 8.42 Å². The normalized spacial score (nSPS) is 12.2. The summed E-state index contributed by atoms with van der Waals surface area (Å²) >= 11 is 0. The molecule has 26 heavy (non-hydrogen) atoms. The van der Waals surface area contributed by atoms with Gasteiger partial charge in [-0.3, -0.25) is 4.68 Å². The molecule has 9 heteroatoms. The summed E-state index contributed by atoms with van der Waals surface area (Å²) < 4.78 is 26.1. The van der Waals surface area contributed by atoms with E-state index < -0.39 is 9.84 Å². The predicted molar refractivity (Wildman–Crippen MR) is 101 cm³/mol. The number of rotatable bonds is 5. The van der Waals surface area contributed by atoms with Gasteiger partial charge in [0.2, 0.25) is 0 Å². The van der Waals surface area contributed by atoms with Gasteiger partial charge in [-0.1, -0.05) is 0 Å². The lowest BCUT2D eigenvalue weighted by Crippen LogP contribution is -2.07. The Morgan fingerprint density at radius 1 is 1.23 bits per heavy atom. The first-order valence-corrected chi connectivity index (χ1v) is 10.2. The van der Waals surface area contributed by atoms with E-state index in [4.69, 9.17) is 5.73 Å². The number of fused-ring (bicyclic) bond motifs is 3. The highest BCUT2D eigenvalue weighted by Gasteiger charge is 2.12. The molecule has 0 radical (unpaired) electrons. The number of aryl methyl sites for hydroxylation is 1. The van der Waals surface area contributed by atoms with Crippen molar-refractivity contribution in [1.29, 1.82) is 0 Å². The van der Waals surface area contributed by atoms with Crippen molar-refractivity contribution in [2.24, 2.45) is 0 Å². The Balaban J connectivity index is 1.74. The number of hydrogen-bond donors (Lipinski definition) is 1. The Kier molecular flexibility index (Phi) is 3.87. The molecule has 2 N–H and O–H groups in total. The Morgan fingerprint density at radius 3 is 2.81 bits per heavy atom. The molecule has 0 bridgehead atoms. The van der Waals surface area contributed by atoms with E-state index in [1.54, 1.807) is 15.6 Å². The third kappa shape index (κ3) is 3.13. The predicted octanol–water partition coefficient (Wildman–Crippen LogP) is 1.79. The summed E-state index contributed by atoms with van der Waals surface area (Å²) in [4.78, 5) is 4.49. The molecule has 3 aromatic heterocycles. The number of nitrogens with two attached hydrogens (primary N) is 1. The zero-order valence-corrected chi connectivity index (χ0v) is 15.0. The van der Waals surface area contributed by atoms with Crippen LogP contribution in [0.1, 0.15) is 6.42 Å². The van der Waals surface area contributed by atoms with Crippen LogP contribution in [0.5, 0.6) is 0 Å². The van der Waals surface area contributed by atoms with E-state index in [2.05, 4.69) is 15.2 Å². The topological polar surface area (TPSA) is 109 Å². The summed E-state index contributed by atoms with van der Waals surface area (Å²) in [7, 11) is -2.98. The van der Waals surface area contributed by atoms with Crippen LogP contribution in [0, 0.1) is 0 Å².